The summed E-state index contributed by atoms with van der Waals surface area (Å²) < 4.78 is 5.09. The SMILES string of the molecule is CCc1ccc(C)c(-c2ccc3cc(NC(=O)OC(C)C)ncc3c2)c1. The van der Waals surface area contributed by atoms with Gasteiger partial charge in [0.1, 0.15) is 5.82 Å². The molecule has 0 saturated carbocycles. The number of carbonyl (C=O) groups is 1. The molecule has 0 unspecified atom stereocenters. The van der Waals surface area contributed by atoms with Gasteiger partial charge in [-0.25, -0.2) is 9.78 Å². The smallest absolute Gasteiger partial charge is 0.413 e. The lowest BCUT2D eigenvalue weighted by molar-refractivity contribution is 0.130. The van der Waals surface area contributed by atoms with Gasteiger partial charge in [0.2, 0.25) is 0 Å². The molecule has 0 fully saturated rings. The molecule has 0 bridgehead atoms. The largest absolute Gasteiger partial charge is 0.447 e. The van der Waals surface area contributed by atoms with Gasteiger partial charge < -0.3 is 4.74 Å². The van der Waals surface area contributed by atoms with Crippen molar-refractivity contribution in [3.05, 3.63) is 59.8 Å². The van der Waals surface area contributed by atoms with Gasteiger partial charge in [-0.2, -0.15) is 0 Å². The molecule has 0 aliphatic heterocycles. The summed E-state index contributed by atoms with van der Waals surface area (Å²) in [6.07, 6.45) is 2.14. The Kier molecular flexibility index (Phi) is 5.21. The first kappa shape index (κ1) is 17.9. The molecular weight excluding hydrogens is 324 g/mol. The summed E-state index contributed by atoms with van der Waals surface area (Å²) >= 11 is 0. The van der Waals surface area contributed by atoms with E-state index >= 15 is 0 Å². The standard InChI is InChI=1S/C22H24N2O2/c1-5-16-7-6-15(4)20(10-16)18-9-8-17-12-21(23-13-19(17)11-18)24-22(25)26-14(2)3/h6-14H,5H2,1-4H3,(H,23,24,25). The molecule has 0 atom stereocenters. The van der Waals surface area contributed by atoms with Crippen molar-refractivity contribution < 1.29 is 9.53 Å². The number of pyridine rings is 1. The molecule has 0 saturated heterocycles. The molecular formula is C22H24N2O2. The molecule has 3 rings (SSSR count). The van der Waals surface area contributed by atoms with Crippen LogP contribution in [-0.4, -0.2) is 17.2 Å². The van der Waals surface area contributed by atoms with Crippen LogP contribution in [0.4, 0.5) is 10.6 Å². The van der Waals surface area contributed by atoms with Crippen LogP contribution in [-0.2, 0) is 11.2 Å². The fraction of sp³-hybridized carbons (Fsp3) is 0.273. The van der Waals surface area contributed by atoms with Gasteiger partial charge in [0, 0.05) is 11.6 Å². The van der Waals surface area contributed by atoms with E-state index in [1.807, 2.05) is 19.9 Å². The van der Waals surface area contributed by atoms with Crippen molar-refractivity contribution in [1.29, 1.82) is 0 Å². The minimum Gasteiger partial charge on any atom is -0.447 e. The highest BCUT2D eigenvalue weighted by Gasteiger charge is 2.08. The molecule has 4 nitrogen and oxygen atoms in total. The molecule has 0 spiro atoms. The number of hydrogen-bond acceptors (Lipinski definition) is 3. The molecule has 3 aromatic rings. The quantitative estimate of drug-likeness (QED) is 0.655. The van der Waals surface area contributed by atoms with E-state index in [1.165, 1.54) is 22.3 Å². The van der Waals surface area contributed by atoms with Crippen LogP contribution in [0.1, 0.15) is 31.9 Å². The van der Waals surface area contributed by atoms with Crippen molar-refractivity contribution in [3.63, 3.8) is 0 Å². The maximum Gasteiger partial charge on any atom is 0.413 e. The topological polar surface area (TPSA) is 51.2 Å². The maximum absolute atomic E-state index is 11.7. The molecule has 0 aliphatic rings. The Morgan fingerprint density at radius 3 is 2.65 bits per heavy atom. The second-order valence-electron chi connectivity index (χ2n) is 6.71. The number of hydrogen-bond donors (Lipinski definition) is 1. The minimum absolute atomic E-state index is 0.167. The Balaban J connectivity index is 1.91. The van der Waals surface area contributed by atoms with Gasteiger partial charge in [0.05, 0.1) is 6.10 Å². The van der Waals surface area contributed by atoms with Crippen molar-refractivity contribution in [1.82, 2.24) is 4.98 Å². The summed E-state index contributed by atoms with van der Waals surface area (Å²) in [5.41, 5.74) is 5.00. The van der Waals surface area contributed by atoms with Gasteiger partial charge in [-0.15, -0.1) is 0 Å². The number of carbonyl (C=O) groups excluding carboxylic acids is 1. The number of fused-ring (bicyclic) bond motifs is 1. The van der Waals surface area contributed by atoms with Crippen molar-refractivity contribution in [2.75, 3.05) is 5.32 Å². The molecule has 1 heterocycles. The molecule has 0 radical (unpaired) electrons. The number of aromatic nitrogens is 1. The first-order valence-electron chi connectivity index (χ1n) is 8.93. The second kappa shape index (κ2) is 7.56. The molecule has 2 aromatic carbocycles. The van der Waals surface area contributed by atoms with Crippen LogP contribution in [0, 0.1) is 6.92 Å². The fourth-order valence-electron chi connectivity index (χ4n) is 2.93. The zero-order chi connectivity index (χ0) is 18.7. The van der Waals surface area contributed by atoms with Crippen LogP contribution >= 0.6 is 0 Å². The van der Waals surface area contributed by atoms with E-state index in [0.717, 1.165) is 17.2 Å². The Bertz CT molecular complexity index is 948. The molecule has 0 aliphatic carbocycles. The van der Waals surface area contributed by atoms with E-state index in [9.17, 15) is 4.79 Å². The summed E-state index contributed by atoms with van der Waals surface area (Å²) in [5.74, 6) is 0.486. The highest BCUT2D eigenvalue weighted by Crippen LogP contribution is 2.28. The maximum atomic E-state index is 11.7. The summed E-state index contributed by atoms with van der Waals surface area (Å²) in [6.45, 7) is 7.91. The van der Waals surface area contributed by atoms with E-state index in [0.29, 0.717) is 5.82 Å². The average molecular weight is 348 g/mol. The van der Waals surface area contributed by atoms with Crippen LogP contribution in [0.3, 0.4) is 0 Å². The third-order valence-corrected chi connectivity index (χ3v) is 4.32. The number of aryl methyl sites for hydroxylation is 2. The Morgan fingerprint density at radius 2 is 1.92 bits per heavy atom. The van der Waals surface area contributed by atoms with E-state index in [1.54, 1.807) is 6.20 Å². The zero-order valence-electron chi connectivity index (χ0n) is 15.7. The van der Waals surface area contributed by atoms with E-state index < -0.39 is 6.09 Å². The molecule has 4 heteroatoms. The summed E-state index contributed by atoms with van der Waals surface area (Å²) in [5, 5.41) is 4.72. The monoisotopic (exact) mass is 348 g/mol. The van der Waals surface area contributed by atoms with Gasteiger partial charge >= 0.3 is 6.09 Å². The van der Waals surface area contributed by atoms with Crippen LogP contribution < -0.4 is 5.32 Å². The number of ether oxygens (including phenoxy) is 1. The van der Waals surface area contributed by atoms with Crippen LogP contribution in [0.15, 0.2) is 48.7 Å². The molecule has 1 amide bonds. The number of rotatable bonds is 4. The number of amides is 1. The highest BCUT2D eigenvalue weighted by molar-refractivity contribution is 5.91. The highest BCUT2D eigenvalue weighted by atomic mass is 16.6. The zero-order valence-corrected chi connectivity index (χ0v) is 15.7. The lowest BCUT2D eigenvalue weighted by Gasteiger charge is -2.11. The molecule has 134 valence electrons. The lowest BCUT2D eigenvalue weighted by atomic mass is 9.96. The van der Waals surface area contributed by atoms with Gasteiger partial charge in [-0.1, -0.05) is 37.3 Å². The molecule has 1 N–H and O–H groups in total. The van der Waals surface area contributed by atoms with Gasteiger partial charge in [-0.05, 0) is 67.0 Å². The first-order chi connectivity index (χ1) is 12.5. The number of anilines is 1. The predicted molar refractivity (Wildman–Crippen MR) is 107 cm³/mol. The number of nitrogens with one attached hydrogen (secondary N) is 1. The lowest BCUT2D eigenvalue weighted by Crippen LogP contribution is -2.18. The van der Waals surface area contributed by atoms with Gasteiger partial charge in [0.25, 0.3) is 0 Å². The van der Waals surface area contributed by atoms with Crippen LogP contribution in [0.5, 0.6) is 0 Å². The van der Waals surface area contributed by atoms with Gasteiger partial charge in [0.15, 0.2) is 0 Å². The number of benzene rings is 2. The first-order valence-corrected chi connectivity index (χ1v) is 8.93. The van der Waals surface area contributed by atoms with Crippen molar-refractivity contribution in [3.8, 4) is 11.1 Å². The molecule has 1 aromatic heterocycles. The molecule has 26 heavy (non-hydrogen) atoms. The van der Waals surface area contributed by atoms with Crippen molar-refractivity contribution >= 4 is 22.7 Å². The van der Waals surface area contributed by atoms with E-state index in [2.05, 4.69) is 60.5 Å². The number of nitrogens with zero attached hydrogens (tertiary/aromatic N) is 1. The average Bonchev–Trinajstić information content (AvgIpc) is 2.61. The second-order valence-corrected chi connectivity index (χ2v) is 6.71. The van der Waals surface area contributed by atoms with Crippen molar-refractivity contribution in [2.45, 2.75) is 40.2 Å². The third-order valence-electron chi connectivity index (χ3n) is 4.32. The predicted octanol–water partition coefficient (Wildman–Crippen LogP) is 5.73. The van der Waals surface area contributed by atoms with E-state index in [4.69, 9.17) is 4.74 Å². The van der Waals surface area contributed by atoms with Crippen LogP contribution in [0.2, 0.25) is 0 Å². The summed E-state index contributed by atoms with van der Waals surface area (Å²) in [7, 11) is 0. The van der Waals surface area contributed by atoms with Crippen LogP contribution in [0.25, 0.3) is 21.9 Å². The van der Waals surface area contributed by atoms with Crippen molar-refractivity contribution in [2.24, 2.45) is 0 Å². The van der Waals surface area contributed by atoms with Gasteiger partial charge in [-0.3, -0.25) is 5.32 Å². The minimum atomic E-state index is -0.490. The Labute approximate surface area is 154 Å². The van der Waals surface area contributed by atoms with E-state index in [-0.39, 0.29) is 6.10 Å². The normalized spacial score (nSPS) is 11.0. The summed E-state index contributed by atoms with van der Waals surface area (Å²) in [6, 6.07) is 14.8. The Hall–Kier alpha value is -2.88. The Morgan fingerprint density at radius 1 is 1.12 bits per heavy atom. The fourth-order valence-corrected chi connectivity index (χ4v) is 2.93. The summed E-state index contributed by atoms with van der Waals surface area (Å²) in [4.78, 5) is 16.1. The third kappa shape index (κ3) is 4.02.